The molecule has 0 fully saturated rings. The molecule has 0 aromatic rings. The van der Waals surface area contributed by atoms with Gasteiger partial charge in [-0.3, -0.25) is 0 Å². The van der Waals surface area contributed by atoms with Crippen LogP contribution in [0, 0.1) is 12.3 Å². The average Bonchev–Trinajstić information content (AvgIpc) is 2.43. The summed E-state index contributed by atoms with van der Waals surface area (Å²) in [6.45, 7) is 6.87. The van der Waals surface area contributed by atoms with Crippen LogP contribution in [0.4, 0.5) is 0 Å². The number of rotatable bonds is 12. The number of hydrogen-bond donors (Lipinski definition) is 0. The smallest absolute Gasteiger partial charge is 0.145 e. The van der Waals surface area contributed by atoms with Crippen molar-refractivity contribution in [3.63, 3.8) is 0 Å². The Labute approximate surface area is 124 Å². The maximum Gasteiger partial charge on any atom is 0.145 e. The fraction of sp³-hybridized carbons (Fsp3) is 0.765. The number of allylic oxidation sites excluding steroid dienone is 1. The van der Waals surface area contributed by atoms with Crippen molar-refractivity contribution in [3.05, 3.63) is 12.7 Å². The zero-order valence-corrected chi connectivity index (χ0v) is 15.3. The molecule has 0 atom stereocenters. The molecule has 0 aliphatic carbocycles. The van der Waals surface area contributed by atoms with Gasteiger partial charge in [0.15, 0.2) is 0 Å². The highest BCUT2D eigenvalue weighted by Gasteiger charge is 1.86. The number of hydrogen-bond acceptors (Lipinski definition) is 1. The Morgan fingerprint density at radius 1 is 1.05 bits per heavy atom. The monoisotopic (exact) mass is 282 g/mol. The van der Waals surface area contributed by atoms with Gasteiger partial charge in [0.05, 0.1) is 0 Å². The van der Waals surface area contributed by atoms with Crippen molar-refractivity contribution in [2.24, 2.45) is 0 Å². The molecule has 0 radical (unpaired) electrons. The summed E-state index contributed by atoms with van der Waals surface area (Å²) in [5, 5.41) is 0. The van der Waals surface area contributed by atoms with Crippen LogP contribution >= 0.6 is 0 Å². The molecule has 1 nitrogen and oxygen atoms in total. The second kappa shape index (κ2) is 22.6. The highest BCUT2D eigenvalue weighted by molar-refractivity contribution is 5.97. The van der Waals surface area contributed by atoms with E-state index in [1.165, 1.54) is 64.2 Å². The van der Waals surface area contributed by atoms with Gasteiger partial charge >= 0.3 is 0 Å². The Morgan fingerprint density at radius 2 is 1.68 bits per heavy atom. The van der Waals surface area contributed by atoms with Crippen LogP contribution in [-0.2, 0) is 4.43 Å². The molecule has 0 heterocycles. The third-order valence-electron chi connectivity index (χ3n) is 2.93. The van der Waals surface area contributed by atoms with Crippen LogP contribution in [0.3, 0.4) is 0 Å². The van der Waals surface area contributed by atoms with Gasteiger partial charge in [0, 0.05) is 13.0 Å². The maximum atomic E-state index is 5.09. The first-order chi connectivity index (χ1) is 9.33. The predicted molar refractivity (Wildman–Crippen MR) is 91.4 cm³/mol. The molecule has 0 rings (SSSR count). The quantitative estimate of drug-likeness (QED) is 0.223. The van der Waals surface area contributed by atoms with Crippen LogP contribution in [0.1, 0.15) is 77.6 Å². The third kappa shape index (κ3) is 26.9. The van der Waals surface area contributed by atoms with Gasteiger partial charge < -0.3 is 4.43 Å². The predicted octanol–water partition coefficient (Wildman–Crippen LogP) is 4.40. The fourth-order valence-corrected chi connectivity index (χ4v) is 2.01. The minimum absolute atomic E-state index is 0.893. The van der Waals surface area contributed by atoms with Crippen LogP contribution in [-0.4, -0.2) is 17.1 Å². The molecular weight excluding hydrogens is 248 g/mol. The molecule has 0 bridgehead atoms. The lowest BCUT2D eigenvalue weighted by molar-refractivity contribution is 0.333. The first-order valence-corrected chi connectivity index (χ1v) is 8.68. The van der Waals surface area contributed by atoms with Crippen molar-refractivity contribution in [3.8, 4) is 12.3 Å². The summed E-state index contributed by atoms with van der Waals surface area (Å²) in [7, 11) is 0.893. The van der Waals surface area contributed by atoms with Crippen molar-refractivity contribution in [2.45, 2.75) is 77.6 Å². The lowest BCUT2D eigenvalue weighted by Crippen LogP contribution is -1.88. The standard InChI is InChI=1S/C9H16.C8H18OSi/c1-3-5-7-9-8-6-4-2;1-2-3-4-5-6-7-8-9-10/h1H,4-9H2,2H3;2H,1,3-8H2,10H3. The molecule has 0 saturated carbocycles. The SMILES string of the molecule is C#CCCCCCCC.C=CCCCCCCO[SiH3]. The van der Waals surface area contributed by atoms with E-state index in [1.807, 2.05) is 6.08 Å². The first-order valence-electron chi connectivity index (χ1n) is 7.86. The maximum absolute atomic E-state index is 5.09. The van der Waals surface area contributed by atoms with E-state index in [-0.39, 0.29) is 0 Å². The van der Waals surface area contributed by atoms with E-state index in [0.29, 0.717) is 0 Å². The summed E-state index contributed by atoms with van der Waals surface area (Å²) in [5.74, 6) is 2.64. The first kappa shape index (κ1) is 20.8. The van der Waals surface area contributed by atoms with Gasteiger partial charge in [0.25, 0.3) is 0 Å². The molecule has 0 N–H and O–H groups in total. The van der Waals surface area contributed by atoms with Gasteiger partial charge in [-0.1, -0.05) is 51.5 Å². The summed E-state index contributed by atoms with van der Waals surface area (Å²) in [6.07, 6.45) is 21.0. The minimum Gasteiger partial charge on any atom is -0.428 e. The van der Waals surface area contributed by atoms with Crippen molar-refractivity contribution in [1.82, 2.24) is 0 Å². The molecule has 0 aromatic heterocycles. The van der Waals surface area contributed by atoms with E-state index in [1.54, 1.807) is 0 Å². The molecule has 0 spiro atoms. The lowest BCUT2D eigenvalue weighted by Gasteiger charge is -1.97. The van der Waals surface area contributed by atoms with E-state index in [4.69, 9.17) is 10.8 Å². The molecule has 2 heteroatoms. The van der Waals surface area contributed by atoms with E-state index in [0.717, 1.165) is 23.5 Å². The topological polar surface area (TPSA) is 9.23 Å². The summed E-state index contributed by atoms with van der Waals surface area (Å²) < 4.78 is 5.07. The molecule has 19 heavy (non-hydrogen) atoms. The largest absolute Gasteiger partial charge is 0.428 e. The van der Waals surface area contributed by atoms with E-state index in [2.05, 4.69) is 19.4 Å². The average molecular weight is 283 g/mol. The highest BCUT2D eigenvalue weighted by atomic mass is 28.2. The van der Waals surface area contributed by atoms with E-state index < -0.39 is 0 Å². The molecule has 0 unspecified atom stereocenters. The molecule has 0 saturated heterocycles. The van der Waals surface area contributed by atoms with Crippen LogP contribution < -0.4 is 0 Å². The third-order valence-corrected chi connectivity index (χ3v) is 3.34. The minimum atomic E-state index is 0.893. The second-order valence-corrected chi connectivity index (χ2v) is 5.43. The van der Waals surface area contributed by atoms with Crippen LogP contribution in [0.25, 0.3) is 0 Å². The zero-order valence-electron chi connectivity index (χ0n) is 13.3. The van der Waals surface area contributed by atoms with Gasteiger partial charge in [-0.05, 0) is 25.7 Å². The molecule has 0 aromatic carbocycles. The summed E-state index contributed by atoms with van der Waals surface area (Å²) >= 11 is 0. The number of unbranched alkanes of at least 4 members (excludes halogenated alkanes) is 9. The Morgan fingerprint density at radius 3 is 2.26 bits per heavy atom. The Bertz CT molecular complexity index is 196. The summed E-state index contributed by atoms with van der Waals surface area (Å²) in [5.41, 5.74) is 0. The summed E-state index contributed by atoms with van der Waals surface area (Å²) in [4.78, 5) is 0. The van der Waals surface area contributed by atoms with Gasteiger partial charge in [-0.15, -0.1) is 18.9 Å². The van der Waals surface area contributed by atoms with Crippen LogP contribution in [0.2, 0.25) is 0 Å². The summed E-state index contributed by atoms with van der Waals surface area (Å²) in [6, 6.07) is 0. The fourth-order valence-electron chi connectivity index (χ4n) is 1.72. The normalized spacial score (nSPS) is 9.47. The molecular formula is C17H34OSi. The van der Waals surface area contributed by atoms with Crippen molar-refractivity contribution in [1.29, 1.82) is 0 Å². The van der Waals surface area contributed by atoms with Gasteiger partial charge in [-0.2, -0.15) is 0 Å². The van der Waals surface area contributed by atoms with Gasteiger partial charge in [0.1, 0.15) is 10.5 Å². The molecule has 0 aliphatic heterocycles. The van der Waals surface area contributed by atoms with Crippen molar-refractivity contribution >= 4 is 10.5 Å². The molecule has 0 amide bonds. The van der Waals surface area contributed by atoms with Crippen molar-refractivity contribution in [2.75, 3.05) is 6.61 Å². The highest BCUT2D eigenvalue weighted by Crippen LogP contribution is 2.03. The second-order valence-electron chi connectivity index (χ2n) is 4.85. The molecule has 112 valence electrons. The Kier molecular flexibility index (Phi) is 24.8. The molecule has 0 aliphatic rings. The number of terminal acetylenes is 1. The zero-order chi connectivity index (χ0) is 14.6. The van der Waals surface area contributed by atoms with Crippen LogP contribution in [0.15, 0.2) is 12.7 Å². The Balaban J connectivity index is 0. The van der Waals surface area contributed by atoms with E-state index >= 15 is 0 Å². The van der Waals surface area contributed by atoms with Crippen LogP contribution in [0.5, 0.6) is 0 Å². The Hall–Kier alpha value is -0.523. The van der Waals surface area contributed by atoms with Crippen molar-refractivity contribution < 1.29 is 4.43 Å². The lowest BCUT2D eigenvalue weighted by atomic mass is 10.1. The van der Waals surface area contributed by atoms with Gasteiger partial charge in [-0.25, -0.2) is 0 Å². The van der Waals surface area contributed by atoms with Gasteiger partial charge in [0.2, 0.25) is 0 Å². The van der Waals surface area contributed by atoms with E-state index in [9.17, 15) is 0 Å².